The molecule has 0 saturated carbocycles. The number of aromatic nitrogens is 2. The fourth-order valence-corrected chi connectivity index (χ4v) is 5.03. The fraction of sp³-hybridized carbons (Fsp3) is 0.333. The molecule has 0 aliphatic heterocycles. The van der Waals surface area contributed by atoms with E-state index in [0.29, 0.717) is 45.7 Å². The van der Waals surface area contributed by atoms with E-state index in [1.807, 2.05) is 0 Å². The number of sulfonamides is 1. The molecule has 0 bridgehead atoms. The number of methoxy groups -OCH3 is 2. The lowest BCUT2D eigenvalue weighted by atomic mass is 10.1. The van der Waals surface area contributed by atoms with E-state index in [1.165, 1.54) is 11.4 Å². The summed E-state index contributed by atoms with van der Waals surface area (Å²) >= 11 is 0. The van der Waals surface area contributed by atoms with E-state index in [1.54, 1.807) is 58.3 Å². The van der Waals surface area contributed by atoms with Gasteiger partial charge in [-0.05, 0) is 49.2 Å². The minimum atomic E-state index is -3.69. The van der Waals surface area contributed by atoms with Crippen molar-refractivity contribution in [3.63, 3.8) is 0 Å². The number of benzene rings is 2. The molecule has 30 heavy (non-hydrogen) atoms. The van der Waals surface area contributed by atoms with Gasteiger partial charge in [-0.15, -0.1) is 0 Å². The molecule has 1 N–H and O–H groups in total. The zero-order valence-corrected chi connectivity index (χ0v) is 18.5. The number of imidazole rings is 1. The van der Waals surface area contributed by atoms with Gasteiger partial charge >= 0.3 is 5.97 Å². The number of hydrogen-bond donors (Lipinski definition) is 1. The molecule has 0 saturated heterocycles. The number of para-hydroxylation sites is 1. The van der Waals surface area contributed by atoms with Gasteiger partial charge in [0.15, 0.2) is 0 Å². The summed E-state index contributed by atoms with van der Waals surface area (Å²) in [6.07, 6.45) is 0.360. The molecule has 0 unspecified atom stereocenters. The molecule has 1 aromatic heterocycles. The molecule has 0 aliphatic carbocycles. The van der Waals surface area contributed by atoms with Crippen molar-refractivity contribution >= 4 is 27.0 Å². The van der Waals surface area contributed by atoms with Gasteiger partial charge in [0.05, 0.1) is 35.7 Å². The summed E-state index contributed by atoms with van der Waals surface area (Å²) < 4.78 is 37.6. The summed E-state index contributed by atoms with van der Waals surface area (Å²) in [5, 5.41) is 0. The lowest BCUT2D eigenvalue weighted by Gasteiger charge is -2.20. The molecule has 1 heterocycles. The number of H-pyrrole nitrogens is 1. The fourth-order valence-electron chi connectivity index (χ4n) is 3.46. The maximum absolute atomic E-state index is 13.1. The first kappa shape index (κ1) is 21.8. The molecule has 2 aromatic carbocycles. The summed E-state index contributed by atoms with van der Waals surface area (Å²) in [7, 11) is 0.723. The van der Waals surface area contributed by atoms with Crippen LogP contribution in [0, 0.1) is 13.8 Å². The molecule has 8 nitrogen and oxygen atoms in total. The lowest BCUT2D eigenvalue weighted by Crippen LogP contribution is -2.30. The van der Waals surface area contributed by atoms with Gasteiger partial charge in [0.25, 0.3) is 0 Å². The number of hydrogen-bond acceptors (Lipinski definition) is 6. The first-order chi connectivity index (χ1) is 14.2. The van der Waals surface area contributed by atoms with Gasteiger partial charge in [-0.1, -0.05) is 6.07 Å². The van der Waals surface area contributed by atoms with Crippen LogP contribution in [0.4, 0.5) is 0 Å². The van der Waals surface area contributed by atoms with Gasteiger partial charge in [0.1, 0.15) is 11.6 Å². The minimum Gasteiger partial charge on any atom is -0.497 e. The Morgan fingerprint density at radius 1 is 1.17 bits per heavy atom. The van der Waals surface area contributed by atoms with Gasteiger partial charge in [0, 0.05) is 20.0 Å². The Labute approximate surface area is 175 Å². The number of rotatable bonds is 7. The van der Waals surface area contributed by atoms with Crippen LogP contribution in [0.25, 0.3) is 11.0 Å². The van der Waals surface area contributed by atoms with Crippen LogP contribution in [-0.4, -0.2) is 56.5 Å². The molecule has 0 fully saturated rings. The SMILES string of the molecule is COC(=O)c1cccc2nc(CCN(C)S(=O)(=O)c3c(C)cc(OC)cc3C)[nH]c12. The molecule has 3 aromatic rings. The smallest absolute Gasteiger partial charge is 0.340 e. The highest BCUT2D eigenvalue weighted by Crippen LogP contribution is 2.28. The number of aromatic amines is 1. The van der Waals surface area contributed by atoms with Gasteiger partial charge in [-0.3, -0.25) is 0 Å². The monoisotopic (exact) mass is 431 g/mol. The van der Waals surface area contributed by atoms with E-state index >= 15 is 0 Å². The molecule has 9 heteroatoms. The molecule has 0 aliphatic rings. The number of carbonyl (C=O) groups is 1. The van der Waals surface area contributed by atoms with Gasteiger partial charge in [0.2, 0.25) is 10.0 Å². The predicted octanol–water partition coefficient (Wildman–Crippen LogP) is 2.84. The van der Waals surface area contributed by atoms with Crippen molar-refractivity contribution in [1.82, 2.24) is 14.3 Å². The van der Waals surface area contributed by atoms with E-state index in [9.17, 15) is 13.2 Å². The highest BCUT2D eigenvalue weighted by molar-refractivity contribution is 7.89. The normalized spacial score (nSPS) is 11.8. The standard InChI is InChI=1S/C21H25N3O5S/c1-13-11-15(28-4)12-14(2)20(13)30(26,27)24(3)10-9-18-22-17-8-6-7-16(19(17)23-18)21(25)29-5/h6-8,11-12H,9-10H2,1-5H3,(H,22,23). The van der Waals surface area contributed by atoms with Crippen molar-refractivity contribution in [3.05, 3.63) is 52.8 Å². The van der Waals surface area contributed by atoms with Crippen LogP contribution in [0.1, 0.15) is 27.3 Å². The summed E-state index contributed by atoms with van der Waals surface area (Å²) in [4.78, 5) is 19.8. The summed E-state index contributed by atoms with van der Waals surface area (Å²) in [5.74, 6) is 0.753. The predicted molar refractivity (Wildman–Crippen MR) is 113 cm³/mol. The van der Waals surface area contributed by atoms with Crippen LogP contribution in [-0.2, 0) is 21.2 Å². The largest absolute Gasteiger partial charge is 0.497 e. The maximum atomic E-state index is 13.1. The van der Waals surface area contributed by atoms with E-state index < -0.39 is 16.0 Å². The van der Waals surface area contributed by atoms with Crippen molar-refractivity contribution < 1.29 is 22.7 Å². The van der Waals surface area contributed by atoms with E-state index in [-0.39, 0.29) is 11.4 Å². The number of aryl methyl sites for hydroxylation is 2. The van der Waals surface area contributed by atoms with Crippen LogP contribution < -0.4 is 4.74 Å². The molecule has 0 atom stereocenters. The quantitative estimate of drug-likeness (QED) is 0.577. The Balaban J connectivity index is 1.83. The van der Waals surface area contributed by atoms with Crippen LogP contribution in [0.15, 0.2) is 35.2 Å². The summed E-state index contributed by atoms with van der Waals surface area (Å²) in [6, 6.07) is 8.59. The molecule has 0 radical (unpaired) electrons. The average molecular weight is 432 g/mol. The molecular weight excluding hydrogens is 406 g/mol. The Morgan fingerprint density at radius 3 is 2.43 bits per heavy atom. The van der Waals surface area contributed by atoms with Crippen LogP contribution in [0.2, 0.25) is 0 Å². The third-order valence-electron chi connectivity index (χ3n) is 4.97. The summed E-state index contributed by atoms with van der Waals surface area (Å²) in [5.41, 5.74) is 2.85. The van der Waals surface area contributed by atoms with Crippen LogP contribution in [0.5, 0.6) is 5.75 Å². The Hall–Kier alpha value is -2.91. The zero-order chi connectivity index (χ0) is 22.1. The van der Waals surface area contributed by atoms with Crippen molar-refractivity contribution in [2.24, 2.45) is 0 Å². The second kappa shape index (κ2) is 8.45. The first-order valence-electron chi connectivity index (χ1n) is 9.36. The Bertz CT molecular complexity index is 1180. The molecule has 160 valence electrons. The van der Waals surface area contributed by atoms with E-state index in [4.69, 9.17) is 9.47 Å². The Kier molecular flexibility index (Phi) is 6.14. The lowest BCUT2D eigenvalue weighted by molar-refractivity contribution is 0.0602. The zero-order valence-electron chi connectivity index (χ0n) is 17.6. The second-order valence-corrected chi connectivity index (χ2v) is 9.02. The summed E-state index contributed by atoms with van der Waals surface area (Å²) in [6.45, 7) is 3.73. The highest BCUT2D eigenvalue weighted by Gasteiger charge is 2.25. The van der Waals surface area contributed by atoms with Crippen molar-refractivity contribution in [1.29, 1.82) is 0 Å². The van der Waals surface area contributed by atoms with Gasteiger partial charge < -0.3 is 14.5 Å². The van der Waals surface area contributed by atoms with E-state index in [0.717, 1.165) is 0 Å². The molecule has 3 rings (SSSR count). The second-order valence-electron chi connectivity index (χ2n) is 7.04. The molecule has 0 spiro atoms. The number of likely N-dealkylation sites (N-methyl/N-ethyl adjacent to an activating group) is 1. The van der Waals surface area contributed by atoms with Gasteiger partial charge in [-0.2, -0.15) is 0 Å². The minimum absolute atomic E-state index is 0.223. The first-order valence-corrected chi connectivity index (χ1v) is 10.8. The number of fused-ring (bicyclic) bond motifs is 1. The number of esters is 1. The Morgan fingerprint density at radius 2 is 1.83 bits per heavy atom. The number of nitrogens with zero attached hydrogens (tertiary/aromatic N) is 2. The van der Waals surface area contributed by atoms with Crippen molar-refractivity contribution in [2.45, 2.75) is 25.2 Å². The third kappa shape index (κ3) is 4.03. The van der Waals surface area contributed by atoms with Crippen LogP contribution >= 0.6 is 0 Å². The molecular formula is C21H25N3O5S. The van der Waals surface area contributed by atoms with Crippen molar-refractivity contribution in [2.75, 3.05) is 27.8 Å². The van der Waals surface area contributed by atoms with Crippen molar-refractivity contribution in [3.8, 4) is 5.75 Å². The number of nitrogens with one attached hydrogen (secondary N) is 1. The number of ether oxygens (including phenoxy) is 2. The highest BCUT2D eigenvalue weighted by atomic mass is 32.2. The average Bonchev–Trinajstić information content (AvgIpc) is 3.13. The third-order valence-corrected chi connectivity index (χ3v) is 7.14. The molecule has 0 amide bonds. The van der Waals surface area contributed by atoms with E-state index in [2.05, 4.69) is 9.97 Å². The van der Waals surface area contributed by atoms with Gasteiger partial charge in [-0.25, -0.2) is 22.5 Å². The topological polar surface area (TPSA) is 102 Å². The van der Waals surface area contributed by atoms with Crippen LogP contribution in [0.3, 0.4) is 0 Å². The number of carbonyl (C=O) groups excluding carboxylic acids is 1. The maximum Gasteiger partial charge on any atom is 0.340 e.